The first-order chi connectivity index (χ1) is 17.0. The number of furan rings is 1. The number of aliphatic carboxylic acids is 1. The Labute approximate surface area is 206 Å². The average Bonchev–Trinajstić information content (AvgIpc) is 3.38. The molecule has 1 aromatic carbocycles. The van der Waals surface area contributed by atoms with Crippen molar-refractivity contribution in [3.05, 3.63) is 60.2 Å². The van der Waals surface area contributed by atoms with Crippen LogP contribution in [0.2, 0.25) is 0 Å². The normalized spacial score (nSPS) is 19.6. The number of nitrogens with zero attached hydrogens (tertiary/aromatic N) is 2. The predicted molar refractivity (Wildman–Crippen MR) is 133 cm³/mol. The van der Waals surface area contributed by atoms with E-state index in [1.807, 2.05) is 24.3 Å². The number of carbonyl (C=O) groups is 1. The number of carboxylic acids is 1. The van der Waals surface area contributed by atoms with Crippen molar-refractivity contribution >= 4 is 16.9 Å². The van der Waals surface area contributed by atoms with Gasteiger partial charge in [0.1, 0.15) is 11.9 Å². The molecule has 0 saturated carbocycles. The zero-order valence-corrected chi connectivity index (χ0v) is 20.4. The number of rotatable bonds is 12. The highest BCUT2D eigenvalue weighted by molar-refractivity contribution is 5.83. The standard InChI is InChI=1S/C28H35FN2O4/c1-34-23-6-8-27-25(17-23)24(9-12-30-27)26(29)7-5-21-10-14-31(18-22(21)16-28(32)33)13-3-2-4-20-11-15-35-19-20/h6,8-9,11-12,15,17,19,21-22,26H,2-5,7,10,13-14,16,18H2,1H3,(H,32,33)/t21-,22+,26-/m1/s1. The first-order valence-electron chi connectivity index (χ1n) is 12.6. The number of alkyl halides is 1. The molecule has 0 amide bonds. The number of methoxy groups -OCH3 is 1. The van der Waals surface area contributed by atoms with E-state index in [-0.39, 0.29) is 18.3 Å². The van der Waals surface area contributed by atoms with Crippen molar-refractivity contribution in [2.24, 2.45) is 11.8 Å². The fraction of sp³-hybridized carbons (Fsp3) is 0.500. The topological polar surface area (TPSA) is 75.8 Å². The van der Waals surface area contributed by atoms with E-state index >= 15 is 4.39 Å². The van der Waals surface area contributed by atoms with Crippen molar-refractivity contribution in [1.82, 2.24) is 9.88 Å². The number of carboxylic acid groups (broad SMARTS) is 1. The second kappa shape index (κ2) is 12.2. The summed E-state index contributed by atoms with van der Waals surface area (Å²) in [5, 5.41) is 10.3. The van der Waals surface area contributed by atoms with Gasteiger partial charge in [0.15, 0.2) is 0 Å². The first-order valence-corrected chi connectivity index (χ1v) is 12.6. The molecule has 1 N–H and O–H groups in total. The van der Waals surface area contributed by atoms with Crippen LogP contribution < -0.4 is 4.74 Å². The molecule has 3 atom stereocenters. The van der Waals surface area contributed by atoms with Gasteiger partial charge in [0.05, 0.1) is 25.2 Å². The van der Waals surface area contributed by atoms with Crippen LogP contribution in [-0.2, 0) is 11.2 Å². The highest BCUT2D eigenvalue weighted by Gasteiger charge is 2.31. The number of hydrogen-bond donors (Lipinski definition) is 1. The van der Waals surface area contributed by atoms with Crippen LogP contribution in [0.3, 0.4) is 0 Å². The molecular weight excluding hydrogens is 447 g/mol. The molecule has 3 heterocycles. The fourth-order valence-electron chi connectivity index (χ4n) is 5.36. The Morgan fingerprint density at radius 3 is 2.94 bits per heavy atom. The summed E-state index contributed by atoms with van der Waals surface area (Å²) >= 11 is 0. The van der Waals surface area contributed by atoms with Crippen LogP contribution in [0.25, 0.3) is 10.9 Å². The molecular formula is C28H35FN2O4. The van der Waals surface area contributed by atoms with Gasteiger partial charge in [0.2, 0.25) is 0 Å². The van der Waals surface area contributed by atoms with Gasteiger partial charge >= 0.3 is 5.97 Å². The molecule has 4 rings (SSSR count). The quantitative estimate of drug-likeness (QED) is 0.316. The summed E-state index contributed by atoms with van der Waals surface area (Å²) in [6.45, 7) is 2.69. The van der Waals surface area contributed by atoms with Gasteiger partial charge in [-0.05, 0) is 105 Å². The number of ether oxygens (including phenoxy) is 1. The summed E-state index contributed by atoms with van der Waals surface area (Å²) in [5.74, 6) is 0.175. The summed E-state index contributed by atoms with van der Waals surface area (Å²) < 4.78 is 25.9. The van der Waals surface area contributed by atoms with Crippen LogP contribution >= 0.6 is 0 Å². The van der Waals surface area contributed by atoms with Gasteiger partial charge in [-0.2, -0.15) is 0 Å². The first kappa shape index (κ1) is 25.2. The Balaban J connectivity index is 1.32. The zero-order valence-electron chi connectivity index (χ0n) is 20.4. The number of fused-ring (bicyclic) bond motifs is 1. The Kier molecular flexibility index (Phi) is 8.74. The van der Waals surface area contributed by atoms with E-state index in [1.165, 1.54) is 5.56 Å². The summed E-state index contributed by atoms with van der Waals surface area (Å²) in [5.41, 5.74) is 2.59. The third-order valence-electron chi connectivity index (χ3n) is 7.29. The van der Waals surface area contributed by atoms with Gasteiger partial charge in [0.25, 0.3) is 0 Å². The van der Waals surface area contributed by atoms with Crippen LogP contribution in [0.15, 0.2) is 53.5 Å². The van der Waals surface area contributed by atoms with E-state index in [0.29, 0.717) is 24.2 Å². The lowest BCUT2D eigenvalue weighted by Gasteiger charge is -2.38. The highest BCUT2D eigenvalue weighted by Crippen LogP contribution is 2.36. The van der Waals surface area contributed by atoms with Gasteiger partial charge in [-0.3, -0.25) is 9.78 Å². The lowest BCUT2D eigenvalue weighted by molar-refractivity contribution is -0.139. The van der Waals surface area contributed by atoms with Gasteiger partial charge in [-0.25, -0.2) is 4.39 Å². The van der Waals surface area contributed by atoms with E-state index in [4.69, 9.17) is 9.15 Å². The maximum atomic E-state index is 15.4. The minimum absolute atomic E-state index is 0.0524. The van der Waals surface area contributed by atoms with Crippen LogP contribution in [-0.4, -0.2) is 47.7 Å². The van der Waals surface area contributed by atoms with Crippen LogP contribution in [0.5, 0.6) is 5.75 Å². The lowest BCUT2D eigenvalue weighted by atomic mass is 9.79. The molecule has 7 heteroatoms. The third-order valence-corrected chi connectivity index (χ3v) is 7.29. The minimum Gasteiger partial charge on any atom is -0.497 e. The number of benzene rings is 1. The van der Waals surface area contributed by atoms with Gasteiger partial charge in [-0.1, -0.05) is 0 Å². The molecule has 3 aromatic rings. The molecule has 6 nitrogen and oxygen atoms in total. The molecule has 2 aromatic heterocycles. The number of aryl methyl sites for hydroxylation is 1. The molecule has 0 radical (unpaired) electrons. The number of hydrogen-bond acceptors (Lipinski definition) is 5. The number of aromatic nitrogens is 1. The molecule has 1 aliphatic rings. The van der Waals surface area contributed by atoms with E-state index < -0.39 is 12.1 Å². The third kappa shape index (κ3) is 6.82. The maximum Gasteiger partial charge on any atom is 0.303 e. The summed E-state index contributed by atoms with van der Waals surface area (Å²) in [4.78, 5) is 18.3. The molecule has 35 heavy (non-hydrogen) atoms. The Morgan fingerprint density at radius 2 is 2.17 bits per heavy atom. The van der Waals surface area contributed by atoms with E-state index in [9.17, 15) is 9.90 Å². The molecule has 1 fully saturated rings. The van der Waals surface area contributed by atoms with E-state index in [0.717, 1.165) is 56.2 Å². The molecule has 0 unspecified atom stereocenters. The SMILES string of the molecule is COc1ccc2nccc([C@H](F)CC[C@@H]3CCN(CCCCc4ccoc4)C[C@@H]3CC(=O)O)c2c1. The van der Waals surface area contributed by atoms with Gasteiger partial charge in [-0.15, -0.1) is 0 Å². The summed E-state index contributed by atoms with van der Waals surface area (Å²) in [7, 11) is 1.60. The average molecular weight is 483 g/mol. The molecule has 0 aliphatic carbocycles. The number of unbranched alkanes of at least 4 members (excludes halogenated alkanes) is 1. The van der Waals surface area contributed by atoms with E-state index in [2.05, 4.69) is 9.88 Å². The van der Waals surface area contributed by atoms with Crippen molar-refractivity contribution in [3.8, 4) is 5.75 Å². The number of piperidine rings is 1. The summed E-state index contributed by atoms with van der Waals surface area (Å²) in [6.07, 6.45) is 9.28. The van der Waals surface area contributed by atoms with Crippen LogP contribution in [0.4, 0.5) is 4.39 Å². The van der Waals surface area contributed by atoms with E-state index in [1.54, 1.807) is 31.9 Å². The Morgan fingerprint density at radius 1 is 1.29 bits per heavy atom. The van der Waals surface area contributed by atoms with Crippen molar-refractivity contribution < 1.29 is 23.4 Å². The predicted octanol–water partition coefficient (Wildman–Crippen LogP) is 6.06. The minimum atomic E-state index is -1.13. The second-order valence-corrected chi connectivity index (χ2v) is 9.62. The lowest BCUT2D eigenvalue weighted by Crippen LogP contribution is -2.41. The van der Waals surface area contributed by atoms with Gasteiger partial charge in [0, 0.05) is 24.5 Å². The van der Waals surface area contributed by atoms with Crippen molar-refractivity contribution in [3.63, 3.8) is 0 Å². The van der Waals surface area contributed by atoms with Gasteiger partial charge < -0.3 is 19.2 Å². The number of likely N-dealkylation sites (tertiary alicyclic amines) is 1. The molecule has 0 spiro atoms. The van der Waals surface area contributed by atoms with Crippen molar-refractivity contribution in [2.75, 3.05) is 26.7 Å². The molecule has 1 saturated heterocycles. The van der Waals surface area contributed by atoms with Crippen LogP contribution in [0.1, 0.15) is 55.8 Å². The fourth-order valence-corrected chi connectivity index (χ4v) is 5.36. The van der Waals surface area contributed by atoms with Crippen LogP contribution in [0, 0.1) is 11.8 Å². The maximum absolute atomic E-state index is 15.4. The molecule has 1 aliphatic heterocycles. The monoisotopic (exact) mass is 482 g/mol. The highest BCUT2D eigenvalue weighted by atomic mass is 19.1. The van der Waals surface area contributed by atoms with Crippen molar-refractivity contribution in [1.29, 1.82) is 0 Å². The Bertz CT molecular complexity index is 1090. The molecule has 188 valence electrons. The number of halogens is 1. The van der Waals surface area contributed by atoms with Crippen molar-refractivity contribution in [2.45, 2.75) is 51.1 Å². The largest absolute Gasteiger partial charge is 0.497 e. The number of pyridine rings is 1. The smallest absolute Gasteiger partial charge is 0.303 e. The Hall–Kier alpha value is -2.93. The second-order valence-electron chi connectivity index (χ2n) is 9.62. The zero-order chi connectivity index (χ0) is 24.6. The summed E-state index contributed by atoms with van der Waals surface area (Å²) in [6, 6.07) is 9.25. The molecule has 0 bridgehead atoms.